The normalized spacial score (nSPS) is 11.2. The van der Waals surface area contributed by atoms with E-state index in [1.54, 1.807) is 10.9 Å². The minimum atomic E-state index is 0.439. The van der Waals surface area contributed by atoms with Gasteiger partial charge in [-0.15, -0.1) is 0 Å². The summed E-state index contributed by atoms with van der Waals surface area (Å²) in [7, 11) is 0. The highest BCUT2D eigenvalue weighted by Gasteiger charge is 2.07. The minimum absolute atomic E-state index is 0.439. The molecular weight excluding hydrogens is 316 g/mol. The molecule has 110 valence electrons. The summed E-state index contributed by atoms with van der Waals surface area (Å²) in [5, 5.41) is 12.1. The summed E-state index contributed by atoms with van der Waals surface area (Å²) in [4.78, 5) is 0. The first-order valence-electron chi connectivity index (χ1n) is 6.68. The van der Waals surface area contributed by atoms with Gasteiger partial charge in [0.15, 0.2) is 5.82 Å². The first kappa shape index (κ1) is 14.7. The number of nitrogens with zero attached hydrogens (tertiary/aromatic N) is 3. The average Bonchev–Trinajstić information content (AvgIpc) is 2.87. The Morgan fingerprint density at radius 1 is 1.23 bits per heavy atom. The zero-order chi connectivity index (χ0) is 15.5. The molecule has 4 nitrogen and oxygen atoms in total. The van der Waals surface area contributed by atoms with Gasteiger partial charge in [-0.25, -0.2) is 5.10 Å². The van der Waals surface area contributed by atoms with Gasteiger partial charge in [-0.2, -0.15) is 14.9 Å². The van der Waals surface area contributed by atoms with Gasteiger partial charge in [0, 0.05) is 10.6 Å². The van der Waals surface area contributed by atoms with Crippen LogP contribution in [0.15, 0.2) is 53.6 Å². The van der Waals surface area contributed by atoms with Crippen LogP contribution in [0.2, 0.25) is 5.02 Å². The number of halogens is 1. The van der Waals surface area contributed by atoms with Crippen molar-refractivity contribution in [2.24, 2.45) is 5.10 Å². The molecule has 3 rings (SSSR count). The maximum absolute atomic E-state index is 5.91. The van der Waals surface area contributed by atoms with Crippen LogP contribution in [0.3, 0.4) is 0 Å². The van der Waals surface area contributed by atoms with Gasteiger partial charge < -0.3 is 0 Å². The number of aromatic nitrogens is 3. The smallest absolute Gasteiger partial charge is 0.216 e. The van der Waals surface area contributed by atoms with Crippen LogP contribution in [0.25, 0.3) is 11.4 Å². The fourth-order valence-electron chi connectivity index (χ4n) is 2.06. The zero-order valence-corrected chi connectivity index (χ0v) is 13.4. The quantitative estimate of drug-likeness (QED) is 0.570. The molecule has 0 radical (unpaired) electrons. The first-order chi connectivity index (χ1) is 10.6. The molecule has 0 atom stereocenters. The molecule has 3 aromatic rings. The monoisotopic (exact) mass is 328 g/mol. The van der Waals surface area contributed by atoms with Crippen molar-refractivity contribution in [2.75, 3.05) is 0 Å². The van der Waals surface area contributed by atoms with Crippen molar-refractivity contribution >= 4 is 30.0 Å². The molecule has 0 aliphatic rings. The van der Waals surface area contributed by atoms with E-state index in [9.17, 15) is 0 Å². The molecule has 6 heteroatoms. The Morgan fingerprint density at radius 3 is 2.73 bits per heavy atom. The van der Waals surface area contributed by atoms with Crippen LogP contribution in [0, 0.1) is 11.7 Å². The van der Waals surface area contributed by atoms with Gasteiger partial charge in [-0.1, -0.05) is 41.4 Å². The number of nitrogens with one attached hydrogen (secondary N) is 1. The van der Waals surface area contributed by atoms with Gasteiger partial charge in [0.05, 0.1) is 6.21 Å². The van der Waals surface area contributed by atoms with Crippen molar-refractivity contribution in [1.29, 1.82) is 0 Å². The number of hydrogen-bond donors (Lipinski definition) is 1. The lowest BCUT2D eigenvalue weighted by atomic mass is 10.2. The largest absolute Gasteiger partial charge is 0.250 e. The highest BCUT2D eigenvalue weighted by Crippen LogP contribution is 2.19. The van der Waals surface area contributed by atoms with Crippen molar-refractivity contribution in [3.8, 4) is 11.4 Å². The van der Waals surface area contributed by atoms with Gasteiger partial charge in [0.25, 0.3) is 0 Å². The number of H-pyrrole nitrogens is 1. The Kier molecular flexibility index (Phi) is 4.18. The van der Waals surface area contributed by atoms with Crippen LogP contribution in [-0.4, -0.2) is 21.1 Å². The van der Waals surface area contributed by atoms with E-state index in [0.717, 1.165) is 11.1 Å². The predicted octanol–water partition coefficient (Wildman–Crippen LogP) is 4.45. The number of benzene rings is 2. The molecule has 0 fully saturated rings. The third-order valence-corrected chi connectivity index (χ3v) is 3.63. The second kappa shape index (κ2) is 6.25. The number of aromatic amines is 1. The topological polar surface area (TPSA) is 46.0 Å². The fourth-order valence-corrected chi connectivity index (χ4v) is 2.36. The summed E-state index contributed by atoms with van der Waals surface area (Å²) in [5.74, 6) is 0.644. The molecule has 0 aliphatic carbocycles. The van der Waals surface area contributed by atoms with Gasteiger partial charge in [0.1, 0.15) is 0 Å². The second-order valence-electron chi connectivity index (χ2n) is 4.83. The second-order valence-corrected chi connectivity index (χ2v) is 5.65. The lowest BCUT2D eigenvalue weighted by Crippen LogP contribution is -1.95. The van der Waals surface area contributed by atoms with Crippen molar-refractivity contribution in [3.63, 3.8) is 0 Å². The lowest BCUT2D eigenvalue weighted by Gasteiger charge is -2.01. The van der Waals surface area contributed by atoms with Gasteiger partial charge in [0.2, 0.25) is 4.77 Å². The van der Waals surface area contributed by atoms with Crippen LogP contribution in [0.4, 0.5) is 0 Å². The number of hydrogen-bond acceptors (Lipinski definition) is 3. The molecule has 0 amide bonds. The van der Waals surface area contributed by atoms with Gasteiger partial charge >= 0.3 is 0 Å². The molecule has 0 saturated carbocycles. The molecule has 0 unspecified atom stereocenters. The van der Waals surface area contributed by atoms with Crippen molar-refractivity contribution < 1.29 is 0 Å². The molecule has 1 aromatic heterocycles. The van der Waals surface area contributed by atoms with E-state index >= 15 is 0 Å². The predicted molar refractivity (Wildman–Crippen MR) is 92.0 cm³/mol. The Bertz CT molecular complexity index is 878. The summed E-state index contributed by atoms with van der Waals surface area (Å²) in [6.45, 7) is 2.04. The standard InChI is InChI=1S/C16H13ClN4S/c1-11-3-2-4-12(9-11)10-18-21-15(19-20-16(21)22)13-5-7-14(17)8-6-13/h2-10H,1H3,(H,20,22)/b18-10+. The maximum atomic E-state index is 5.91. The summed E-state index contributed by atoms with van der Waals surface area (Å²) in [6, 6.07) is 15.5. The van der Waals surface area contributed by atoms with Crippen LogP contribution in [-0.2, 0) is 0 Å². The molecule has 22 heavy (non-hydrogen) atoms. The first-order valence-corrected chi connectivity index (χ1v) is 7.46. The molecule has 1 N–H and O–H groups in total. The van der Waals surface area contributed by atoms with Crippen LogP contribution < -0.4 is 0 Å². The molecular formula is C16H13ClN4S. The van der Waals surface area contributed by atoms with Crippen LogP contribution in [0.1, 0.15) is 11.1 Å². The number of aryl methyl sites for hydroxylation is 1. The summed E-state index contributed by atoms with van der Waals surface area (Å²) in [5.41, 5.74) is 3.07. The van der Waals surface area contributed by atoms with Crippen molar-refractivity contribution in [2.45, 2.75) is 6.92 Å². The van der Waals surface area contributed by atoms with E-state index in [1.807, 2.05) is 49.4 Å². The Labute approximate surface area is 138 Å². The molecule has 0 spiro atoms. The van der Waals surface area contributed by atoms with E-state index in [0.29, 0.717) is 15.6 Å². The Morgan fingerprint density at radius 2 is 2.00 bits per heavy atom. The molecule has 0 saturated heterocycles. The van der Waals surface area contributed by atoms with E-state index in [1.165, 1.54) is 5.56 Å². The summed E-state index contributed by atoms with van der Waals surface area (Å²) >= 11 is 11.2. The van der Waals surface area contributed by atoms with Crippen LogP contribution >= 0.6 is 23.8 Å². The van der Waals surface area contributed by atoms with Gasteiger partial charge in [-0.3, -0.25) is 0 Å². The van der Waals surface area contributed by atoms with Gasteiger partial charge in [-0.05, 0) is 49.0 Å². The third kappa shape index (κ3) is 3.16. The Hall–Kier alpha value is -2.24. The van der Waals surface area contributed by atoms with E-state index in [-0.39, 0.29) is 0 Å². The lowest BCUT2D eigenvalue weighted by molar-refractivity contribution is 0.871. The third-order valence-electron chi connectivity index (χ3n) is 3.12. The molecule has 0 bridgehead atoms. The van der Waals surface area contributed by atoms with Crippen molar-refractivity contribution in [3.05, 3.63) is 69.5 Å². The van der Waals surface area contributed by atoms with Crippen LogP contribution in [0.5, 0.6) is 0 Å². The molecule has 2 aromatic carbocycles. The SMILES string of the molecule is Cc1cccc(/C=N/n2c(-c3ccc(Cl)cc3)n[nH]c2=S)c1. The fraction of sp³-hybridized carbons (Fsp3) is 0.0625. The maximum Gasteiger partial charge on any atom is 0.216 e. The summed E-state index contributed by atoms with van der Waals surface area (Å²) < 4.78 is 2.04. The molecule has 1 heterocycles. The van der Waals surface area contributed by atoms with E-state index in [4.69, 9.17) is 23.8 Å². The van der Waals surface area contributed by atoms with E-state index in [2.05, 4.69) is 21.4 Å². The highest BCUT2D eigenvalue weighted by atomic mass is 35.5. The Balaban J connectivity index is 1.99. The highest BCUT2D eigenvalue weighted by molar-refractivity contribution is 7.71. The minimum Gasteiger partial charge on any atom is -0.250 e. The van der Waals surface area contributed by atoms with E-state index < -0.39 is 0 Å². The number of rotatable bonds is 3. The summed E-state index contributed by atoms with van der Waals surface area (Å²) in [6.07, 6.45) is 1.76. The van der Waals surface area contributed by atoms with Crippen molar-refractivity contribution in [1.82, 2.24) is 14.9 Å². The zero-order valence-electron chi connectivity index (χ0n) is 11.8. The average molecular weight is 329 g/mol. The molecule has 0 aliphatic heterocycles.